The summed E-state index contributed by atoms with van der Waals surface area (Å²) in [4.78, 5) is 15.7. The summed E-state index contributed by atoms with van der Waals surface area (Å²) in [5.41, 5.74) is 6.55. The lowest BCUT2D eigenvalue weighted by atomic mass is 10.3. The van der Waals surface area contributed by atoms with Crippen molar-refractivity contribution in [2.24, 2.45) is 10.7 Å². The topological polar surface area (TPSA) is 99.1 Å². The van der Waals surface area contributed by atoms with Crippen LogP contribution in [0.4, 0.5) is 5.69 Å². The number of anilines is 1. The zero-order chi connectivity index (χ0) is 16.7. The number of ether oxygens (including phenoxy) is 2. The van der Waals surface area contributed by atoms with Crippen LogP contribution in [-0.4, -0.2) is 25.6 Å². The average molecular weight is 445 g/mol. The fourth-order valence-electron chi connectivity index (χ4n) is 1.86. The van der Waals surface area contributed by atoms with Gasteiger partial charge in [0.25, 0.3) is 0 Å². The molecular weight excluding hydrogens is 425 g/mol. The van der Waals surface area contributed by atoms with Crippen molar-refractivity contribution >= 4 is 41.6 Å². The van der Waals surface area contributed by atoms with E-state index in [1.807, 2.05) is 24.3 Å². The van der Waals surface area contributed by atoms with Crippen molar-refractivity contribution in [3.05, 3.63) is 47.9 Å². The Morgan fingerprint density at radius 1 is 1.29 bits per heavy atom. The van der Waals surface area contributed by atoms with Crippen molar-refractivity contribution in [2.45, 2.75) is 13.5 Å². The van der Waals surface area contributed by atoms with Crippen LogP contribution in [-0.2, 0) is 11.3 Å². The first-order valence-electron chi connectivity index (χ1n) is 7.09. The third-order valence-electron chi connectivity index (χ3n) is 2.91. The zero-order valence-corrected chi connectivity index (χ0v) is 15.8. The number of para-hydroxylation sites is 2. The van der Waals surface area contributed by atoms with Crippen LogP contribution in [0, 0.1) is 0 Å². The van der Waals surface area contributed by atoms with E-state index in [0.29, 0.717) is 23.8 Å². The fraction of sp³-hybridized carbons (Fsp3) is 0.250. The normalized spacial score (nSPS) is 10.7. The molecule has 8 heteroatoms. The minimum Gasteiger partial charge on any atom is -0.495 e. The number of esters is 1. The van der Waals surface area contributed by atoms with Crippen molar-refractivity contribution in [3.63, 3.8) is 0 Å². The van der Waals surface area contributed by atoms with Crippen molar-refractivity contribution < 1.29 is 18.7 Å². The van der Waals surface area contributed by atoms with Gasteiger partial charge < -0.3 is 24.9 Å². The largest absolute Gasteiger partial charge is 0.495 e. The minimum atomic E-state index is -0.497. The maximum atomic E-state index is 11.5. The molecule has 0 fully saturated rings. The highest BCUT2D eigenvalue weighted by molar-refractivity contribution is 14.0. The molecule has 0 saturated carbocycles. The molecule has 0 bridgehead atoms. The summed E-state index contributed by atoms with van der Waals surface area (Å²) in [7, 11) is 1.58. The second-order valence-corrected chi connectivity index (χ2v) is 4.51. The summed E-state index contributed by atoms with van der Waals surface area (Å²) in [6.45, 7) is 2.23. The maximum Gasteiger partial charge on any atom is 0.374 e. The molecule has 1 aromatic carbocycles. The molecule has 0 atom stereocenters. The maximum absolute atomic E-state index is 11.5. The first kappa shape index (κ1) is 19.8. The molecule has 0 spiro atoms. The Labute approximate surface area is 157 Å². The van der Waals surface area contributed by atoms with E-state index in [9.17, 15) is 4.79 Å². The molecule has 0 aliphatic rings. The summed E-state index contributed by atoms with van der Waals surface area (Å²) in [6.07, 6.45) is 0. The Bertz CT molecular complexity index is 700. The van der Waals surface area contributed by atoms with Gasteiger partial charge in [-0.2, -0.15) is 0 Å². The molecule has 130 valence electrons. The van der Waals surface area contributed by atoms with Crippen molar-refractivity contribution in [2.75, 3.05) is 19.0 Å². The van der Waals surface area contributed by atoms with Crippen molar-refractivity contribution in [1.29, 1.82) is 0 Å². The SMILES string of the molecule is CCOC(=O)c1ccc(CN=C(N)Nc2ccccc2OC)o1.I. The second-order valence-electron chi connectivity index (χ2n) is 4.51. The first-order valence-corrected chi connectivity index (χ1v) is 7.09. The number of hydrogen-bond acceptors (Lipinski definition) is 5. The van der Waals surface area contributed by atoms with E-state index >= 15 is 0 Å². The molecule has 3 N–H and O–H groups in total. The third kappa shape index (κ3) is 5.44. The van der Waals surface area contributed by atoms with Gasteiger partial charge in [0.2, 0.25) is 5.76 Å². The van der Waals surface area contributed by atoms with Gasteiger partial charge in [-0.3, -0.25) is 0 Å². The molecule has 0 unspecified atom stereocenters. The number of methoxy groups -OCH3 is 1. The zero-order valence-electron chi connectivity index (χ0n) is 13.4. The number of guanidine groups is 1. The second kappa shape index (κ2) is 9.81. The molecule has 2 aromatic rings. The summed E-state index contributed by atoms with van der Waals surface area (Å²) in [5.74, 6) is 1.03. The monoisotopic (exact) mass is 445 g/mol. The predicted molar refractivity (Wildman–Crippen MR) is 102 cm³/mol. The number of carbonyl (C=O) groups is 1. The Morgan fingerprint density at radius 3 is 2.75 bits per heavy atom. The van der Waals surface area contributed by atoms with Gasteiger partial charge in [0.05, 0.1) is 19.4 Å². The van der Waals surface area contributed by atoms with E-state index in [-0.39, 0.29) is 42.2 Å². The molecule has 0 saturated heterocycles. The van der Waals surface area contributed by atoms with Gasteiger partial charge in [0.15, 0.2) is 5.96 Å². The number of carbonyl (C=O) groups excluding carboxylic acids is 1. The van der Waals surface area contributed by atoms with Crippen LogP contribution in [0.2, 0.25) is 0 Å². The van der Waals surface area contributed by atoms with Gasteiger partial charge in [-0.25, -0.2) is 9.79 Å². The minimum absolute atomic E-state index is 0. The molecule has 1 aromatic heterocycles. The van der Waals surface area contributed by atoms with Gasteiger partial charge in [0.1, 0.15) is 18.1 Å². The highest BCUT2D eigenvalue weighted by Gasteiger charge is 2.11. The first-order chi connectivity index (χ1) is 11.1. The summed E-state index contributed by atoms with van der Waals surface area (Å²) in [6, 6.07) is 10.6. The molecule has 0 radical (unpaired) electrons. The lowest BCUT2D eigenvalue weighted by molar-refractivity contribution is 0.0488. The number of aliphatic imine (C=N–C) groups is 1. The smallest absolute Gasteiger partial charge is 0.374 e. The molecule has 24 heavy (non-hydrogen) atoms. The Hall–Kier alpha value is -2.23. The van der Waals surface area contributed by atoms with Gasteiger partial charge in [-0.05, 0) is 31.2 Å². The summed E-state index contributed by atoms with van der Waals surface area (Å²) >= 11 is 0. The number of hydrogen-bond donors (Lipinski definition) is 2. The van der Waals surface area contributed by atoms with E-state index in [0.717, 1.165) is 0 Å². The van der Waals surface area contributed by atoms with Crippen molar-refractivity contribution in [1.82, 2.24) is 0 Å². The standard InChI is InChI=1S/C16H19N3O4.HI/c1-3-22-15(20)14-9-8-11(23-14)10-18-16(17)19-12-6-4-5-7-13(12)21-2;/h4-9H,3,10H2,1-2H3,(H3,17,18,19);1H. The van der Waals surface area contributed by atoms with Crippen LogP contribution in [0.15, 0.2) is 45.8 Å². The molecule has 0 aliphatic heterocycles. The Balaban J connectivity index is 0.00000288. The number of benzene rings is 1. The van der Waals surface area contributed by atoms with E-state index in [4.69, 9.17) is 19.6 Å². The van der Waals surface area contributed by atoms with E-state index < -0.39 is 5.97 Å². The van der Waals surface area contributed by atoms with Crippen LogP contribution < -0.4 is 15.8 Å². The third-order valence-corrected chi connectivity index (χ3v) is 2.91. The van der Waals surface area contributed by atoms with Crippen molar-refractivity contribution in [3.8, 4) is 5.75 Å². The van der Waals surface area contributed by atoms with Crippen LogP contribution in [0.1, 0.15) is 23.2 Å². The van der Waals surface area contributed by atoms with E-state index in [1.165, 1.54) is 0 Å². The summed E-state index contributed by atoms with van der Waals surface area (Å²) < 4.78 is 15.4. The molecule has 1 heterocycles. The van der Waals surface area contributed by atoms with Gasteiger partial charge in [0, 0.05) is 0 Å². The number of nitrogens with zero attached hydrogens (tertiary/aromatic N) is 1. The van der Waals surface area contributed by atoms with Crippen LogP contribution in [0.25, 0.3) is 0 Å². The molecular formula is C16H20IN3O4. The number of halogens is 1. The number of nitrogens with one attached hydrogen (secondary N) is 1. The number of rotatable bonds is 6. The van der Waals surface area contributed by atoms with E-state index in [1.54, 1.807) is 26.2 Å². The summed E-state index contributed by atoms with van der Waals surface area (Å²) in [5, 5.41) is 2.95. The lowest BCUT2D eigenvalue weighted by Gasteiger charge is -2.09. The van der Waals surface area contributed by atoms with E-state index in [2.05, 4.69) is 10.3 Å². The lowest BCUT2D eigenvalue weighted by Crippen LogP contribution is -2.22. The molecule has 7 nitrogen and oxygen atoms in total. The van der Waals surface area contributed by atoms with Crippen LogP contribution in [0.3, 0.4) is 0 Å². The van der Waals surface area contributed by atoms with Gasteiger partial charge >= 0.3 is 5.97 Å². The molecule has 0 aliphatic carbocycles. The average Bonchev–Trinajstić information content (AvgIpc) is 3.03. The Kier molecular flexibility index (Phi) is 8.10. The Morgan fingerprint density at radius 2 is 2.04 bits per heavy atom. The molecule has 0 amide bonds. The number of furan rings is 1. The number of nitrogens with two attached hydrogens (primary N) is 1. The fourth-order valence-corrected chi connectivity index (χ4v) is 1.86. The van der Waals surface area contributed by atoms with Gasteiger partial charge in [-0.1, -0.05) is 12.1 Å². The van der Waals surface area contributed by atoms with Crippen LogP contribution in [0.5, 0.6) is 5.75 Å². The molecule has 2 rings (SSSR count). The van der Waals surface area contributed by atoms with Gasteiger partial charge in [-0.15, -0.1) is 24.0 Å². The van der Waals surface area contributed by atoms with Crippen LogP contribution >= 0.6 is 24.0 Å². The predicted octanol–water partition coefficient (Wildman–Crippen LogP) is 3.01. The highest BCUT2D eigenvalue weighted by atomic mass is 127. The quantitative estimate of drug-likeness (QED) is 0.307. The highest BCUT2D eigenvalue weighted by Crippen LogP contribution is 2.22.